The van der Waals surface area contributed by atoms with Crippen molar-refractivity contribution in [2.24, 2.45) is 0 Å². The van der Waals surface area contributed by atoms with E-state index in [4.69, 9.17) is 14.0 Å². The first-order chi connectivity index (χ1) is 14.6. The Hall–Kier alpha value is -2.05. The topological polar surface area (TPSA) is 143 Å². The molecule has 0 bridgehead atoms. The highest BCUT2D eigenvalue weighted by Crippen LogP contribution is 2.42. The summed E-state index contributed by atoms with van der Waals surface area (Å²) in [7, 11) is -3.07. The smallest absolute Gasteiger partial charge is 0.397 e. The van der Waals surface area contributed by atoms with Gasteiger partial charge in [-0.15, -0.1) is 0 Å². The van der Waals surface area contributed by atoms with E-state index in [0.717, 1.165) is 11.1 Å². The number of aliphatic hydroxyl groups is 3. The summed E-state index contributed by atoms with van der Waals surface area (Å²) in [6.45, 7) is 1.36. The molecule has 0 aromatic heterocycles. The SMILES string of the molecule is COc1c(-c2ccccc2CCOS(=O)(=O)O)cccc1[C@H]1O[C@@H](C)[C@@H](O)[C@@H](O)[C@@H]1O. The molecule has 9 nitrogen and oxygen atoms in total. The summed E-state index contributed by atoms with van der Waals surface area (Å²) >= 11 is 0. The molecular formula is C21H26O9S. The van der Waals surface area contributed by atoms with Gasteiger partial charge in [-0.2, -0.15) is 8.42 Å². The molecule has 5 atom stereocenters. The lowest BCUT2D eigenvalue weighted by molar-refractivity contribution is -0.219. The second-order valence-electron chi connectivity index (χ2n) is 7.32. The summed E-state index contributed by atoms with van der Waals surface area (Å²) in [5.74, 6) is 0.408. The molecule has 3 rings (SSSR count). The van der Waals surface area contributed by atoms with Crippen molar-refractivity contribution in [3.05, 3.63) is 53.6 Å². The molecule has 1 fully saturated rings. The Bertz CT molecular complexity index is 1010. The van der Waals surface area contributed by atoms with Gasteiger partial charge in [-0.3, -0.25) is 4.55 Å². The van der Waals surface area contributed by atoms with Gasteiger partial charge in [-0.1, -0.05) is 42.5 Å². The lowest BCUT2D eigenvalue weighted by Gasteiger charge is -2.40. The highest BCUT2D eigenvalue weighted by molar-refractivity contribution is 7.80. The van der Waals surface area contributed by atoms with Crippen molar-refractivity contribution in [1.29, 1.82) is 0 Å². The molecule has 31 heavy (non-hydrogen) atoms. The van der Waals surface area contributed by atoms with Crippen molar-refractivity contribution in [2.45, 2.75) is 43.9 Å². The van der Waals surface area contributed by atoms with E-state index in [1.165, 1.54) is 7.11 Å². The van der Waals surface area contributed by atoms with Gasteiger partial charge in [0.2, 0.25) is 0 Å². The molecule has 0 aliphatic carbocycles. The minimum absolute atomic E-state index is 0.202. The van der Waals surface area contributed by atoms with Crippen LogP contribution in [0, 0.1) is 0 Å². The van der Waals surface area contributed by atoms with Crippen LogP contribution in [-0.2, 0) is 25.7 Å². The number of ether oxygens (including phenoxy) is 2. The van der Waals surface area contributed by atoms with Crippen molar-refractivity contribution in [3.63, 3.8) is 0 Å². The van der Waals surface area contributed by atoms with Gasteiger partial charge in [0.15, 0.2) is 0 Å². The Morgan fingerprint density at radius 3 is 2.32 bits per heavy atom. The van der Waals surface area contributed by atoms with E-state index in [-0.39, 0.29) is 13.0 Å². The van der Waals surface area contributed by atoms with Gasteiger partial charge >= 0.3 is 10.4 Å². The van der Waals surface area contributed by atoms with E-state index in [2.05, 4.69) is 4.18 Å². The lowest BCUT2D eigenvalue weighted by Crippen LogP contribution is -2.53. The highest BCUT2D eigenvalue weighted by Gasteiger charge is 2.43. The van der Waals surface area contributed by atoms with E-state index in [0.29, 0.717) is 16.9 Å². The zero-order valence-electron chi connectivity index (χ0n) is 17.1. The lowest BCUT2D eigenvalue weighted by atomic mass is 9.88. The number of hydrogen-bond acceptors (Lipinski definition) is 8. The fourth-order valence-electron chi connectivity index (χ4n) is 3.79. The van der Waals surface area contributed by atoms with Crippen LogP contribution in [0.15, 0.2) is 42.5 Å². The van der Waals surface area contributed by atoms with E-state index in [9.17, 15) is 23.7 Å². The molecule has 2 aromatic carbocycles. The molecule has 1 aliphatic rings. The summed E-state index contributed by atoms with van der Waals surface area (Å²) in [5, 5.41) is 30.7. The van der Waals surface area contributed by atoms with E-state index in [1.807, 2.05) is 12.1 Å². The number of hydrogen-bond donors (Lipinski definition) is 4. The number of methoxy groups -OCH3 is 1. The molecule has 0 spiro atoms. The van der Waals surface area contributed by atoms with Crippen molar-refractivity contribution < 1.29 is 41.9 Å². The van der Waals surface area contributed by atoms with E-state index >= 15 is 0 Å². The molecule has 10 heteroatoms. The zero-order chi connectivity index (χ0) is 22.8. The predicted molar refractivity (Wildman–Crippen MR) is 111 cm³/mol. The Balaban J connectivity index is 2.00. The Kier molecular flexibility index (Phi) is 7.32. The standard InChI is InChI=1S/C21H26O9S/c1-12-17(22)18(23)19(24)21(30-12)16-9-5-8-15(20(16)28-2)14-7-4-3-6-13(14)10-11-29-31(25,26)27/h3-9,12,17-19,21-24H,10-11H2,1-2H3,(H,25,26,27)/t12-,17+,18+,19-,21+/m0/s1. The molecule has 170 valence electrons. The molecule has 1 heterocycles. The van der Waals surface area contributed by atoms with Crippen LogP contribution in [0.25, 0.3) is 11.1 Å². The van der Waals surface area contributed by atoms with Crippen LogP contribution in [0.1, 0.15) is 24.2 Å². The second-order valence-corrected chi connectivity index (χ2v) is 8.41. The van der Waals surface area contributed by atoms with E-state index in [1.54, 1.807) is 37.3 Å². The maximum Gasteiger partial charge on any atom is 0.397 e. The van der Waals surface area contributed by atoms with Crippen LogP contribution in [-0.4, -0.2) is 66.4 Å². The molecule has 0 amide bonds. The molecule has 4 N–H and O–H groups in total. The first-order valence-corrected chi connectivity index (χ1v) is 11.1. The largest absolute Gasteiger partial charge is 0.496 e. The summed E-state index contributed by atoms with van der Waals surface area (Å²) in [6, 6.07) is 12.5. The van der Waals surface area contributed by atoms with Crippen LogP contribution in [0.5, 0.6) is 5.75 Å². The first-order valence-electron chi connectivity index (χ1n) is 9.70. The first kappa shape index (κ1) is 23.6. The van der Waals surface area contributed by atoms with Crippen molar-refractivity contribution >= 4 is 10.4 Å². The van der Waals surface area contributed by atoms with Crippen LogP contribution in [0.4, 0.5) is 0 Å². The quantitative estimate of drug-likeness (QED) is 0.455. The number of para-hydroxylation sites is 1. The third-order valence-corrected chi connectivity index (χ3v) is 5.78. The number of aliphatic hydroxyl groups excluding tert-OH is 3. The van der Waals surface area contributed by atoms with Crippen LogP contribution in [0.2, 0.25) is 0 Å². The Labute approximate surface area is 180 Å². The molecule has 0 radical (unpaired) electrons. The minimum Gasteiger partial charge on any atom is -0.496 e. The average molecular weight is 454 g/mol. The maximum atomic E-state index is 10.8. The second kappa shape index (κ2) is 9.61. The number of benzene rings is 2. The Morgan fingerprint density at radius 1 is 0.968 bits per heavy atom. The van der Waals surface area contributed by atoms with Gasteiger partial charge in [-0.05, 0) is 24.5 Å². The van der Waals surface area contributed by atoms with Gasteiger partial charge in [0.1, 0.15) is 30.2 Å². The summed E-state index contributed by atoms with van der Waals surface area (Å²) in [6.07, 6.45) is -5.40. The zero-order valence-corrected chi connectivity index (χ0v) is 17.9. The molecule has 0 unspecified atom stereocenters. The fourth-order valence-corrected chi connectivity index (χ4v) is 4.08. The monoisotopic (exact) mass is 454 g/mol. The third kappa shape index (κ3) is 5.24. The number of rotatable bonds is 7. The molecule has 1 saturated heterocycles. The molecule has 2 aromatic rings. The normalized spacial score (nSPS) is 26.6. The maximum absolute atomic E-state index is 10.8. The van der Waals surface area contributed by atoms with Crippen LogP contribution >= 0.6 is 0 Å². The van der Waals surface area contributed by atoms with Gasteiger partial charge in [-0.25, -0.2) is 4.18 Å². The summed E-state index contributed by atoms with van der Waals surface area (Å²) in [5.41, 5.74) is 2.63. The predicted octanol–water partition coefficient (Wildman–Crippen LogP) is 1.27. The summed E-state index contributed by atoms with van der Waals surface area (Å²) in [4.78, 5) is 0. The van der Waals surface area contributed by atoms with Gasteiger partial charge in [0.25, 0.3) is 0 Å². The average Bonchev–Trinajstić information content (AvgIpc) is 2.73. The molecule has 1 aliphatic heterocycles. The highest BCUT2D eigenvalue weighted by atomic mass is 32.3. The van der Waals surface area contributed by atoms with Gasteiger partial charge < -0.3 is 24.8 Å². The van der Waals surface area contributed by atoms with Crippen LogP contribution in [0.3, 0.4) is 0 Å². The summed E-state index contributed by atoms with van der Waals surface area (Å²) < 4.78 is 46.3. The van der Waals surface area contributed by atoms with Crippen molar-refractivity contribution in [2.75, 3.05) is 13.7 Å². The Morgan fingerprint density at radius 2 is 1.65 bits per heavy atom. The van der Waals surface area contributed by atoms with Crippen LogP contribution < -0.4 is 4.74 Å². The fraction of sp³-hybridized carbons (Fsp3) is 0.429. The van der Waals surface area contributed by atoms with Gasteiger partial charge in [0, 0.05) is 11.1 Å². The third-order valence-electron chi connectivity index (χ3n) is 5.32. The van der Waals surface area contributed by atoms with E-state index < -0.39 is 40.9 Å². The molecule has 0 saturated carbocycles. The molecular weight excluding hydrogens is 428 g/mol. The van der Waals surface area contributed by atoms with Crippen molar-refractivity contribution in [3.8, 4) is 16.9 Å². The van der Waals surface area contributed by atoms with Gasteiger partial charge in [0.05, 0.1) is 19.8 Å². The van der Waals surface area contributed by atoms with Crippen molar-refractivity contribution in [1.82, 2.24) is 0 Å². The minimum atomic E-state index is -4.54.